The summed E-state index contributed by atoms with van der Waals surface area (Å²) in [6, 6.07) is 5.79. The first-order valence-electron chi connectivity index (χ1n) is 6.27. The molecule has 1 fully saturated rings. The average molecular weight is 251 g/mol. The Morgan fingerprint density at radius 3 is 2.50 bits per heavy atom. The highest BCUT2D eigenvalue weighted by molar-refractivity contribution is 5.82. The van der Waals surface area contributed by atoms with Crippen molar-refractivity contribution in [3.05, 3.63) is 30.1 Å². The third kappa shape index (κ3) is 2.81. The molecule has 0 radical (unpaired) electrons. The van der Waals surface area contributed by atoms with Crippen LogP contribution in [0.1, 0.15) is 32.6 Å². The van der Waals surface area contributed by atoms with E-state index in [0.717, 1.165) is 12.8 Å². The van der Waals surface area contributed by atoms with E-state index in [0.29, 0.717) is 18.0 Å². The van der Waals surface area contributed by atoms with E-state index in [1.807, 2.05) is 0 Å². The highest BCUT2D eigenvalue weighted by Gasteiger charge is 2.37. The zero-order valence-electron chi connectivity index (χ0n) is 10.4. The van der Waals surface area contributed by atoms with Gasteiger partial charge in [-0.1, -0.05) is 19.3 Å². The summed E-state index contributed by atoms with van der Waals surface area (Å²) in [6.07, 6.45) is 4.01. The van der Waals surface area contributed by atoms with Gasteiger partial charge in [0.15, 0.2) is 0 Å². The van der Waals surface area contributed by atoms with Gasteiger partial charge in [0.1, 0.15) is 11.4 Å². The zero-order valence-corrected chi connectivity index (χ0v) is 10.4. The third-order valence-electron chi connectivity index (χ3n) is 3.66. The van der Waals surface area contributed by atoms with Gasteiger partial charge in [0, 0.05) is 5.69 Å². The molecule has 98 valence electrons. The van der Waals surface area contributed by atoms with Crippen LogP contribution in [-0.2, 0) is 4.79 Å². The van der Waals surface area contributed by atoms with Crippen LogP contribution in [-0.4, -0.2) is 16.6 Å². The van der Waals surface area contributed by atoms with E-state index in [1.165, 1.54) is 18.6 Å². The molecule has 2 rings (SSSR count). The Morgan fingerprint density at radius 2 is 2.06 bits per heavy atom. The molecule has 1 aliphatic rings. The van der Waals surface area contributed by atoms with Gasteiger partial charge in [-0.05, 0) is 43.5 Å². The van der Waals surface area contributed by atoms with Crippen molar-refractivity contribution in [3.63, 3.8) is 0 Å². The normalized spacial score (nSPS) is 18.8. The lowest BCUT2D eigenvalue weighted by Gasteiger charge is -2.35. The molecule has 0 aromatic heterocycles. The first kappa shape index (κ1) is 12.9. The number of hydrogen-bond acceptors (Lipinski definition) is 2. The van der Waals surface area contributed by atoms with E-state index in [9.17, 15) is 14.3 Å². The quantitative estimate of drug-likeness (QED) is 0.844. The molecule has 2 N–H and O–H groups in total. The molecule has 0 heterocycles. The smallest absolute Gasteiger partial charge is 0.329 e. The molecule has 1 aromatic rings. The summed E-state index contributed by atoms with van der Waals surface area (Å²) in [7, 11) is 0. The topological polar surface area (TPSA) is 49.3 Å². The van der Waals surface area contributed by atoms with E-state index >= 15 is 0 Å². The molecule has 0 spiro atoms. The summed E-state index contributed by atoms with van der Waals surface area (Å²) in [5.41, 5.74) is -0.344. The molecule has 1 aliphatic carbocycles. The standard InChI is InChI=1S/C14H18FNO2/c1-14(13(17)18,9-10-3-2-4-10)16-12-7-5-11(15)6-8-12/h5-8,10,16H,2-4,9H2,1H3,(H,17,18). The van der Waals surface area contributed by atoms with Gasteiger partial charge in [-0.15, -0.1) is 0 Å². The van der Waals surface area contributed by atoms with Gasteiger partial charge in [-0.2, -0.15) is 0 Å². The first-order chi connectivity index (χ1) is 8.49. The van der Waals surface area contributed by atoms with Crippen molar-refractivity contribution in [2.75, 3.05) is 5.32 Å². The largest absolute Gasteiger partial charge is 0.480 e. The number of nitrogens with one attached hydrogen (secondary N) is 1. The molecule has 0 saturated heterocycles. The molecule has 1 atom stereocenters. The predicted molar refractivity (Wildman–Crippen MR) is 68.0 cm³/mol. The SMILES string of the molecule is CC(CC1CCC1)(Nc1ccc(F)cc1)C(=O)O. The average Bonchev–Trinajstić information content (AvgIpc) is 2.27. The van der Waals surface area contributed by atoms with Crippen molar-refractivity contribution >= 4 is 11.7 Å². The number of carboxylic acid groups (broad SMARTS) is 1. The molecule has 1 aromatic carbocycles. The van der Waals surface area contributed by atoms with E-state index in [4.69, 9.17) is 0 Å². The highest BCUT2D eigenvalue weighted by Crippen LogP contribution is 2.35. The molecule has 18 heavy (non-hydrogen) atoms. The Kier molecular flexibility index (Phi) is 3.55. The second kappa shape index (κ2) is 4.96. The summed E-state index contributed by atoms with van der Waals surface area (Å²) < 4.78 is 12.8. The van der Waals surface area contributed by atoms with Crippen molar-refractivity contribution in [3.8, 4) is 0 Å². The van der Waals surface area contributed by atoms with Crippen LogP contribution in [0.3, 0.4) is 0 Å². The lowest BCUT2D eigenvalue weighted by atomic mass is 9.76. The van der Waals surface area contributed by atoms with Crippen molar-refractivity contribution < 1.29 is 14.3 Å². The van der Waals surface area contributed by atoms with Crippen molar-refractivity contribution in [2.45, 2.75) is 38.1 Å². The summed E-state index contributed by atoms with van der Waals surface area (Å²) in [4.78, 5) is 11.4. The molecule has 0 bridgehead atoms. The second-order valence-electron chi connectivity index (χ2n) is 5.27. The van der Waals surface area contributed by atoms with E-state index in [1.54, 1.807) is 19.1 Å². The second-order valence-corrected chi connectivity index (χ2v) is 5.27. The minimum Gasteiger partial charge on any atom is -0.480 e. The number of benzene rings is 1. The van der Waals surface area contributed by atoms with Crippen LogP contribution in [0.2, 0.25) is 0 Å². The minimum absolute atomic E-state index is 0.323. The summed E-state index contributed by atoms with van der Waals surface area (Å²) in [5.74, 6) is -0.700. The van der Waals surface area contributed by atoms with Crippen molar-refractivity contribution in [1.29, 1.82) is 0 Å². The van der Waals surface area contributed by atoms with Crippen molar-refractivity contribution in [1.82, 2.24) is 0 Å². The Balaban J connectivity index is 2.09. The first-order valence-corrected chi connectivity index (χ1v) is 6.27. The monoisotopic (exact) mass is 251 g/mol. The maximum absolute atomic E-state index is 12.8. The van der Waals surface area contributed by atoms with Crippen LogP contribution in [0, 0.1) is 11.7 Å². The molecule has 0 amide bonds. The van der Waals surface area contributed by atoms with E-state index in [2.05, 4.69) is 5.32 Å². The van der Waals surface area contributed by atoms with Crippen LogP contribution in [0.4, 0.5) is 10.1 Å². The van der Waals surface area contributed by atoms with Crippen molar-refractivity contribution in [2.24, 2.45) is 5.92 Å². The fourth-order valence-electron chi connectivity index (χ4n) is 2.32. The fraction of sp³-hybridized carbons (Fsp3) is 0.500. The molecule has 0 aliphatic heterocycles. The van der Waals surface area contributed by atoms with Gasteiger partial charge in [0.2, 0.25) is 0 Å². The Labute approximate surface area is 106 Å². The van der Waals surface area contributed by atoms with Crippen LogP contribution in [0.25, 0.3) is 0 Å². The van der Waals surface area contributed by atoms with Crippen LogP contribution >= 0.6 is 0 Å². The number of hydrogen-bond donors (Lipinski definition) is 2. The number of carbonyl (C=O) groups is 1. The number of carboxylic acids is 1. The fourth-order valence-corrected chi connectivity index (χ4v) is 2.32. The predicted octanol–water partition coefficient (Wildman–Crippen LogP) is 3.27. The third-order valence-corrected chi connectivity index (χ3v) is 3.66. The van der Waals surface area contributed by atoms with Crippen LogP contribution in [0.5, 0.6) is 0 Å². The van der Waals surface area contributed by atoms with E-state index < -0.39 is 11.5 Å². The Morgan fingerprint density at radius 1 is 1.44 bits per heavy atom. The van der Waals surface area contributed by atoms with Gasteiger partial charge in [-0.3, -0.25) is 0 Å². The van der Waals surface area contributed by atoms with Gasteiger partial charge in [0.05, 0.1) is 0 Å². The van der Waals surface area contributed by atoms with Crippen LogP contribution < -0.4 is 5.32 Å². The Bertz CT molecular complexity index is 428. The maximum atomic E-state index is 12.8. The van der Waals surface area contributed by atoms with Gasteiger partial charge in [-0.25, -0.2) is 9.18 Å². The molecule has 1 saturated carbocycles. The number of halogens is 1. The number of rotatable bonds is 5. The Hall–Kier alpha value is -1.58. The summed E-state index contributed by atoms with van der Waals surface area (Å²) in [6.45, 7) is 1.69. The number of aliphatic carboxylic acids is 1. The summed E-state index contributed by atoms with van der Waals surface area (Å²) in [5, 5.41) is 12.4. The lowest BCUT2D eigenvalue weighted by molar-refractivity contribution is -0.142. The zero-order chi connectivity index (χ0) is 13.2. The highest BCUT2D eigenvalue weighted by atomic mass is 19.1. The summed E-state index contributed by atoms with van der Waals surface area (Å²) >= 11 is 0. The van der Waals surface area contributed by atoms with Gasteiger partial charge >= 0.3 is 5.97 Å². The van der Waals surface area contributed by atoms with E-state index in [-0.39, 0.29) is 5.82 Å². The molecule has 4 heteroatoms. The molecule has 1 unspecified atom stereocenters. The van der Waals surface area contributed by atoms with Gasteiger partial charge < -0.3 is 10.4 Å². The molecular weight excluding hydrogens is 233 g/mol. The number of anilines is 1. The molecule has 3 nitrogen and oxygen atoms in total. The molecular formula is C14H18FNO2. The maximum Gasteiger partial charge on any atom is 0.329 e. The van der Waals surface area contributed by atoms with Gasteiger partial charge in [0.25, 0.3) is 0 Å². The minimum atomic E-state index is -0.983. The van der Waals surface area contributed by atoms with Crippen LogP contribution in [0.15, 0.2) is 24.3 Å². The lowest BCUT2D eigenvalue weighted by Crippen LogP contribution is -2.45.